The summed E-state index contributed by atoms with van der Waals surface area (Å²) in [6.07, 6.45) is 5.20. The van der Waals surface area contributed by atoms with Gasteiger partial charge in [0.1, 0.15) is 11.2 Å². The Kier molecular flexibility index (Phi) is 6.74. The van der Waals surface area contributed by atoms with Crippen LogP contribution in [0.4, 0.5) is 0 Å². The van der Waals surface area contributed by atoms with Crippen molar-refractivity contribution in [1.29, 1.82) is 0 Å². The number of nitrogens with one attached hydrogen (secondary N) is 1. The van der Waals surface area contributed by atoms with Gasteiger partial charge >= 0.3 is 5.97 Å². The van der Waals surface area contributed by atoms with Crippen molar-refractivity contribution < 1.29 is 19.1 Å². The van der Waals surface area contributed by atoms with E-state index in [1.165, 1.54) is 17.2 Å². The predicted octanol–water partition coefficient (Wildman–Crippen LogP) is 3.58. The predicted molar refractivity (Wildman–Crippen MR) is 123 cm³/mol. The molecule has 2 aromatic rings. The van der Waals surface area contributed by atoms with Crippen LogP contribution in [0.3, 0.4) is 0 Å². The number of rotatable bonds is 6. The monoisotopic (exact) mass is 472 g/mol. The topological polar surface area (TPSA) is 93.5 Å². The molecule has 2 amide bonds. The molecular formula is C24H29ClN4O4. The molecule has 1 aliphatic carbocycles. The minimum atomic E-state index is -1.21. The second kappa shape index (κ2) is 9.55. The van der Waals surface area contributed by atoms with Gasteiger partial charge < -0.3 is 15.0 Å². The summed E-state index contributed by atoms with van der Waals surface area (Å²) in [5.41, 5.74) is -0.177. The van der Waals surface area contributed by atoms with Gasteiger partial charge in [-0.2, -0.15) is 5.10 Å². The van der Waals surface area contributed by atoms with Gasteiger partial charge in [0.2, 0.25) is 5.91 Å². The molecule has 2 heterocycles. The van der Waals surface area contributed by atoms with E-state index < -0.39 is 11.5 Å². The van der Waals surface area contributed by atoms with Crippen LogP contribution in [-0.2, 0) is 22.6 Å². The molecular weight excluding hydrogens is 444 g/mol. The summed E-state index contributed by atoms with van der Waals surface area (Å²) in [6.45, 7) is 3.93. The molecule has 1 N–H and O–H groups in total. The lowest BCUT2D eigenvalue weighted by Gasteiger charge is -2.44. The van der Waals surface area contributed by atoms with Crippen LogP contribution in [0.2, 0.25) is 5.02 Å². The van der Waals surface area contributed by atoms with E-state index in [0.29, 0.717) is 5.02 Å². The molecule has 1 saturated carbocycles. The Morgan fingerprint density at radius 2 is 1.97 bits per heavy atom. The van der Waals surface area contributed by atoms with E-state index in [9.17, 15) is 14.4 Å². The standard InChI is InChI=1S/C24H29ClN4O4/c1-3-33-22(31)19-13-20-21(30)28(14-16-9-7-8-12-18(16)25)24(2,15-29(20)27-19)23(32)26-17-10-5-4-6-11-17/h7-9,12-13,17H,3-6,10-11,14-15H2,1-2H3,(H,26,32). The van der Waals surface area contributed by atoms with Crippen molar-refractivity contribution in [3.8, 4) is 0 Å². The molecule has 0 radical (unpaired) electrons. The van der Waals surface area contributed by atoms with E-state index in [0.717, 1.165) is 31.2 Å². The Hall–Kier alpha value is -2.87. The van der Waals surface area contributed by atoms with Gasteiger partial charge in [0, 0.05) is 23.7 Å². The second-order valence-electron chi connectivity index (χ2n) is 8.86. The molecule has 1 unspecified atom stereocenters. The lowest BCUT2D eigenvalue weighted by atomic mass is 9.91. The number of nitrogens with zero attached hydrogens (tertiary/aromatic N) is 3. The van der Waals surface area contributed by atoms with Crippen molar-refractivity contribution in [1.82, 2.24) is 20.0 Å². The SMILES string of the molecule is CCOC(=O)c1cc2n(n1)CC(C)(C(=O)NC1CCCCC1)N(Cc1ccccc1Cl)C2=O. The average molecular weight is 473 g/mol. The summed E-state index contributed by atoms with van der Waals surface area (Å²) in [4.78, 5) is 41.0. The van der Waals surface area contributed by atoms with Crippen LogP contribution in [0.15, 0.2) is 30.3 Å². The molecule has 33 heavy (non-hydrogen) atoms. The molecule has 4 rings (SSSR count). The number of aromatic nitrogens is 2. The van der Waals surface area contributed by atoms with Crippen molar-refractivity contribution in [3.05, 3.63) is 52.3 Å². The van der Waals surface area contributed by atoms with E-state index in [2.05, 4.69) is 10.4 Å². The van der Waals surface area contributed by atoms with Gasteiger partial charge in [0.05, 0.1) is 13.2 Å². The number of amides is 2. The molecule has 1 aliphatic heterocycles. The van der Waals surface area contributed by atoms with Crippen molar-refractivity contribution in [2.75, 3.05) is 6.61 Å². The third kappa shape index (κ3) is 4.62. The van der Waals surface area contributed by atoms with Crippen LogP contribution in [0.1, 0.15) is 72.5 Å². The summed E-state index contributed by atoms with van der Waals surface area (Å²) >= 11 is 6.38. The smallest absolute Gasteiger partial charge is 0.358 e. The second-order valence-corrected chi connectivity index (χ2v) is 9.27. The third-order valence-electron chi connectivity index (χ3n) is 6.50. The maximum atomic E-state index is 13.6. The van der Waals surface area contributed by atoms with Gasteiger partial charge in [-0.25, -0.2) is 4.79 Å². The average Bonchev–Trinajstić information content (AvgIpc) is 3.23. The Balaban J connectivity index is 1.70. The quantitative estimate of drug-likeness (QED) is 0.648. The first-order chi connectivity index (χ1) is 15.8. The van der Waals surface area contributed by atoms with Gasteiger partial charge in [0.25, 0.3) is 5.91 Å². The maximum absolute atomic E-state index is 13.6. The van der Waals surface area contributed by atoms with Crippen LogP contribution >= 0.6 is 11.6 Å². The first-order valence-electron chi connectivity index (χ1n) is 11.4. The lowest BCUT2D eigenvalue weighted by Crippen LogP contribution is -2.64. The van der Waals surface area contributed by atoms with E-state index in [1.54, 1.807) is 24.8 Å². The van der Waals surface area contributed by atoms with Crippen LogP contribution in [0.25, 0.3) is 0 Å². The van der Waals surface area contributed by atoms with Crippen LogP contribution in [-0.4, -0.2) is 50.7 Å². The Bertz CT molecular complexity index is 1060. The highest BCUT2D eigenvalue weighted by Crippen LogP contribution is 2.31. The number of fused-ring (bicyclic) bond motifs is 1. The Morgan fingerprint density at radius 3 is 2.67 bits per heavy atom. The van der Waals surface area contributed by atoms with E-state index in [-0.39, 0.29) is 48.9 Å². The zero-order valence-corrected chi connectivity index (χ0v) is 19.7. The number of esters is 1. The summed E-state index contributed by atoms with van der Waals surface area (Å²) in [7, 11) is 0. The molecule has 176 valence electrons. The lowest BCUT2D eigenvalue weighted by molar-refractivity contribution is -0.134. The van der Waals surface area contributed by atoms with Crippen LogP contribution in [0, 0.1) is 0 Å². The summed E-state index contributed by atoms with van der Waals surface area (Å²) < 4.78 is 6.49. The van der Waals surface area contributed by atoms with E-state index in [1.807, 2.05) is 18.2 Å². The van der Waals surface area contributed by atoms with Crippen molar-refractivity contribution in [3.63, 3.8) is 0 Å². The third-order valence-corrected chi connectivity index (χ3v) is 6.87. The first-order valence-corrected chi connectivity index (χ1v) is 11.8. The van der Waals surface area contributed by atoms with Crippen molar-refractivity contribution in [2.45, 2.75) is 70.6 Å². The zero-order valence-electron chi connectivity index (χ0n) is 19.0. The highest BCUT2D eigenvalue weighted by Gasteiger charge is 2.48. The number of carbonyl (C=O) groups excluding carboxylic acids is 3. The molecule has 1 atom stereocenters. The summed E-state index contributed by atoms with van der Waals surface area (Å²) in [5.74, 6) is -1.21. The number of ether oxygens (including phenoxy) is 1. The number of hydrogen-bond donors (Lipinski definition) is 1. The number of benzene rings is 1. The molecule has 1 aromatic carbocycles. The number of halogens is 1. The molecule has 1 fully saturated rings. The molecule has 0 bridgehead atoms. The fourth-order valence-electron chi connectivity index (χ4n) is 4.58. The maximum Gasteiger partial charge on any atom is 0.358 e. The van der Waals surface area contributed by atoms with Crippen molar-refractivity contribution in [2.24, 2.45) is 0 Å². The minimum absolute atomic E-state index is 0.0508. The Labute approximate surface area is 198 Å². The highest BCUT2D eigenvalue weighted by molar-refractivity contribution is 6.31. The zero-order chi connectivity index (χ0) is 23.6. The van der Waals surface area contributed by atoms with Gasteiger partial charge in [0.15, 0.2) is 5.69 Å². The largest absolute Gasteiger partial charge is 0.461 e. The van der Waals surface area contributed by atoms with Crippen molar-refractivity contribution >= 4 is 29.4 Å². The summed E-state index contributed by atoms with van der Waals surface area (Å²) in [6, 6.07) is 8.78. The number of hydrogen-bond acceptors (Lipinski definition) is 5. The molecule has 0 spiro atoms. The summed E-state index contributed by atoms with van der Waals surface area (Å²) in [5, 5.41) is 7.97. The van der Waals surface area contributed by atoms with Crippen LogP contribution in [0.5, 0.6) is 0 Å². The highest BCUT2D eigenvalue weighted by atomic mass is 35.5. The molecule has 9 heteroatoms. The van der Waals surface area contributed by atoms with Gasteiger partial charge in [-0.3, -0.25) is 14.3 Å². The van der Waals surface area contributed by atoms with Gasteiger partial charge in [-0.05, 0) is 38.3 Å². The van der Waals surface area contributed by atoms with Gasteiger partial charge in [-0.15, -0.1) is 0 Å². The fraction of sp³-hybridized carbons (Fsp3) is 0.500. The van der Waals surface area contributed by atoms with E-state index in [4.69, 9.17) is 16.3 Å². The molecule has 1 aromatic heterocycles. The number of carbonyl (C=O) groups is 3. The van der Waals surface area contributed by atoms with Crippen LogP contribution < -0.4 is 5.32 Å². The molecule has 2 aliphatic rings. The normalized spacial score (nSPS) is 20.9. The minimum Gasteiger partial charge on any atom is -0.461 e. The fourth-order valence-corrected chi connectivity index (χ4v) is 4.77. The van der Waals surface area contributed by atoms with E-state index >= 15 is 0 Å². The Morgan fingerprint density at radius 1 is 1.24 bits per heavy atom. The first kappa shape index (κ1) is 23.3. The molecule has 0 saturated heterocycles. The van der Waals surface area contributed by atoms with Gasteiger partial charge in [-0.1, -0.05) is 49.1 Å². The molecule has 8 nitrogen and oxygen atoms in total.